The first kappa shape index (κ1) is 21.8. The van der Waals surface area contributed by atoms with E-state index >= 15 is 0 Å². The maximum Gasteiger partial charge on any atom is 0.282 e. The van der Waals surface area contributed by atoms with Crippen LogP contribution in [0.15, 0.2) is 72.4 Å². The van der Waals surface area contributed by atoms with E-state index in [1.807, 2.05) is 0 Å². The molecule has 0 unspecified atom stereocenters. The molecule has 1 heterocycles. The maximum absolute atomic E-state index is 13.7. The Morgan fingerprint density at radius 2 is 1.42 bits per heavy atom. The molecule has 0 saturated heterocycles. The van der Waals surface area contributed by atoms with Crippen LogP contribution in [0.2, 0.25) is 0 Å². The van der Waals surface area contributed by atoms with Gasteiger partial charge in [-0.05, 0) is 54.1 Å². The third-order valence-corrected chi connectivity index (χ3v) is 4.85. The fourth-order valence-electron chi connectivity index (χ4n) is 3.38. The number of benzene rings is 3. The summed E-state index contributed by atoms with van der Waals surface area (Å²) in [7, 11) is 0. The Labute approximate surface area is 186 Å². The Balaban J connectivity index is 1.76. The molecule has 0 fully saturated rings. The van der Waals surface area contributed by atoms with Crippen LogP contribution in [0.4, 0.5) is 30.2 Å². The minimum atomic E-state index is -1.13. The van der Waals surface area contributed by atoms with Crippen molar-refractivity contribution in [3.63, 3.8) is 0 Å². The molecule has 1 aliphatic heterocycles. The summed E-state index contributed by atoms with van der Waals surface area (Å²) in [5.74, 6) is -4.44. The first-order chi connectivity index (χ1) is 15.7. The van der Waals surface area contributed by atoms with Crippen LogP contribution in [0.25, 0.3) is 5.57 Å². The van der Waals surface area contributed by atoms with Gasteiger partial charge in [-0.1, -0.05) is 12.1 Å². The molecule has 0 aliphatic carbocycles. The molecule has 4 rings (SSSR count). The Hall–Kier alpha value is -4.40. The van der Waals surface area contributed by atoms with Gasteiger partial charge in [-0.3, -0.25) is 14.4 Å². The van der Waals surface area contributed by atoms with E-state index in [2.05, 4.69) is 10.6 Å². The fourth-order valence-corrected chi connectivity index (χ4v) is 3.38. The van der Waals surface area contributed by atoms with Crippen LogP contribution in [-0.2, 0) is 14.4 Å². The van der Waals surface area contributed by atoms with E-state index in [4.69, 9.17) is 0 Å². The SMILES string of the molecule is CC(=O)Nc1ccc(N2C(=O)C(Nc3ccc(F)c(F)c3)=C(c3ccc(F)cc3)C2=O)cc1. The van der Waals surface area contributed by atoms with Crippen molar-refractivity contribution in [2.75, 3.05) is 15.5 Å². The number of rotatable bonds is 5. The molecule has 1 aliphatic rings. The van der Waals surface area contributed by atoms with Gasteiger partial charge in [0, 0.05) is 24.4 Å². The second kappa shape index (κ2) is 8.62. The molecule has 0 aromatic heterocycles. The molecule has 3 amide bonds. The second-order valence-electron chi connectivity index (χ2n) is 7.18. The van der Waals surface area contributed by atoms with Crippen molar-refractivity contribution in [2.45, 2.75) is 6.92 Å². The summed E-state index contributed by atoms with van der Waals surface area (Å²) >= 11 is 0. The number of hydrogen-bond donors (Lipinski definition) is 2. The number of nitrogens with zero attached hydrogens (tertiary/aromatic N) is 1. The van der Waals surface area contributed by atoms with Gasteiger partial charge in [0.25, 0.3) is 11.8 Å². The van der Waals surface area contributed by atoms with Gasteiger partial charge >= 0.3 is 0 Å². The lowest BCUT2D eigenvalue weighted by atomic mass is 10.0. The summed E-state index contributed by atoms with van der Waals surface area (Å²) in [5, 5.41) is 5.28. The average molecular weight is 451 g/mol. The van der Waals surface area contributed by atoms with E-state index in [0.717, 1.165) is 29.2 Å². The molecule has 0 saturated carbocycles. The Kier molecular flexibility index (Phi) is 5.70. The largest absolute Gasteiger partial charge is 0.350 e. The summed E-state index contributed by atoms with van der Waals surface area (Å²) in [4.78, 5) is 38.7. The molecule has 0 atom stereocenters. The molecular weight excluding hydrogens is 435 g/mol. The normalized spacial score (nSPS) is 13.5. The van der Waals surface area contributed by atoms with Gasteiger partial charge in [0.1, 0.15) is 11.5 Å². The predicted octanol–water partition coefficient (Wildman–Crippen LogP) is 4.46. The summed E-state index contributed by atoms with van der Waals surface area (Å²) in [6, 6.07) is 13.9. The van der Waals surface area contributed by atoms with Crippen LogP contribution in [0.1, 0.15) is 12.5 Å². The van der Waals surface area contributed by atoms with Crippen LogP contribution in [0.5, 0.6) is 0 Å². The van der Waals surface area contributed by atoms with E-state index in [9.17, 15) is 27.6 Å². The van der Waals surface area contributed by atoms with Crippen LogP contribution in [0, 0.1) is 17.5 Å². The Morgan fingerprint density at radius 1 is 0.788 bits per heavy atom. The summed E-state index contributed by atoms with van der Waals surface area (Å²) in [6.07, 6.45) is 0. The highest BCUT2D eigenvalue weighted by Gasteiger charge is 2.40. The highest BCUT2D eigenvalue weighted by molar-refractivity contribution is 6.46. The molecule has 3 aromatic rings. The average Bonchev–Trinajstić information content (AvgIpc) is 3.01. The quantitative estimate of drug-likeness (QED) is 0.562. The molecule has 9 heteroatoms. The number of halogens is 3. The number of hydrogen-bond acceptors (Lipinski definition) is 4. The van der Waals surface area contributed by atoms with Gasteiger partial charge in [0.15, 0.2) is 11.6 Å². The number of amides is 3. The van der Waals surface area contributed by atoms with Crippen molar-refractivity contribution in [1.29, 1.82) is 0 Å². The van der Waals surface area contributed by atoms with Gasteiger partial charge in [0.05, 0.1) is 11.3 Å². The molecular formula is C24H16F3N3O3. The van der Waals surface area contributed by atoms with Gasteiger partial charge < -0.3 is 10.6 Å². The zero-order chi connectivity index (χ0) is 23.7. The van der Waals surface area contributed by atoms with Crippen molar-refractivity contribution in [3.05, 3.63) is 95.4 Å². The predicted molar refractivity (Wildman–Crippen MR) is 117 cm³/mol. The van der Waals surface area contributed by atoms with Gasteiger partial charge in [-0.25, -0.2) is 18.1 Å². The maximum atomic E-state index is 13.7. The Bertz CT molecular complexity index is 1300. The van der Waals surface area contributed by atoms with Gasteiger partial charge in [-0.15, -0.1) is 0 Å². The third-order valence-electron chi connectivity index (χ3n) is 4.85. The summed E-state index contributed by atoms with van der Waals surface area (Å²) in [6.45, 7) is 1.34. The van der Waals surface area contributed by atoms with Gasteiger partial charge in [-0.2, -0.15) is 0 Å². The summed E-state index contributed by atoms with van der Waals surface area (Å²) < 4.78 is 40.5. The molecule has 3 aromatic carbocycles. The van der Waals surface area contributed by atoms with E-state index < -0.39 is 29.3 Å². The molecule has 2 N–H and O–H groups in total. The first-order valence-corrected chi connectivity index (χ1v) is 9.73. The zero-order valence-corrected chi connectivity index (χ0v) is 17.2. The number of anilines is 3. The van der Waals surface area contributed by atoms with Crippen LogP contribution >= 0.6 is 0 Å². The van der Waals surface area contributed by atoms with Crippen molar-refractivity contribution >= 4 is 40.4 Å². The summed E-state index contributed by atoms with van der Waals surface area (Å²) in [5.41, 5.74) is 0.766. The lowest BCUT2D eigenvalue weighted by Crippen LogP contribution is -2.32. The lowest BCUT2D eigenvalue weighted by Gasteiger charge is -2.16. The molecule has 166 valence electrons. The third kappa shape index (κ3) is 4.33. The minimum absolute atomic E-state index is 0.0486. The molecule has 0 spiro atoms. The number of imide groups is 1. The fraction of sp³-hybridized carbons (Fsp3) is 0.0417. The van der Waals surface area contributed by atoms with Crippen LogP contribution in [-0.4, -0.2) is 17.7 Å². The molecule has 0 bridgehead atoms. The number of carbonyl (C=O) groups is 3. The van der Waals surface area contributed by atoms with E-state index in [1.165, 1.54) is 49.4 Å². The minimum Gasteiger partial charge on any atom is -0.350 e. The zero-order valence-electron chi connectivity index (χ0n) is 17.2. The molecule has 6 nitrogen and oxygen atoms in total. The molecule has 0 radical (unpaired) electrons. The molecule has 33 heavy (non-hydrogen) atoms. The van der Waals surface area contributed by atoms with Crippen molar-refractivity contribution in [2.24, 2.45) is 0 Å². The van der Waals surface area contributed by atoms with Crippen molar-refractivity contribution in [1.82, 2.24) is 0 Å². The standard InChI is InChI=1S/C24H16F3N3O3/c1-13(31)28-16-6-9-18(10-7-16)30-23(32)21(14-2-4-15(25)5-3-14)22(24(30)33)29-17-8-11-19(26)20(27)12-17/h2-12,29H,1H3,(H,28,31). The number of carbonyl (C=O) groups excluding carboxylic acids is 3. The second-order valence-corrected chi connectivity index (χ2v) is 7.18. The van der Waals surface area contributed by atoms with Gasteiger partial charge in [0.2, 0.25) is 5.91 Å². The lowest BCUT2D eigenvalue weighted by molar-refractivity contribution is -0.120. The highest BCUT2D eigenvalue weighted by Crippen LogP contribution is 2.34. The van der Waals surface area contributed by atoms with E-state index in [1.54, 1.807) is 0 Å². The van der Waals surface area contributed by atoms with Crippen molar-refractivity contribution in [3.8, 4) is 0 Å². The van der Waals surface area contributed by atoms with Crippen molar-refractivity contribution < 1.29 is 27.6 Å². The topological polar surface area (TPSA) is 78.5 Å². The monoisotopic (exact) mass is 451 g/mol. The van der Waals surface area contributed by atoms with E-state index in [0.29, 0.717) is 5.69 Å². The van der Waals surface area contributed by atoms with E-state index in [-0.39, 0.29) is 34.1 Å². The number of nitrogens with one attached hydrogen (secondary N) is 2. The van der Waals surface area contributed by atoms with Crippen LogP contribution in [0.3, 0.4) is 0 Å². The first-order valence-electron chi connectivity index (χ1n) is 9.73. The highest BCUT2D eigenvalue weighted by atomic mass is 19.2. The Morgan fingerprint density at radius 3 is 2.03 bits per heavy atom. The smallest absolute Gasteiger partial charge is 0.282 e. The van der Waals surface area contributed by atoms with Crippen LogP contribution < -0.4 is 15.5 Å².